The molecule has 2 aromatic heterocycles. The van der Waals surface area contributed by atoms with Crippen LogP contribution in [0.15, 0.2) is 17.2 Å². The standard InChI is InChI=1S/C17H22N4O3/c1-11(2)9-21-10-13(8-18-21)4-6-15-19-12(3)14(17(24)20-15)5-7-16(22)23/h4,6,8,10-11H,5,7,9H2,1-3H3,(H,22,23)(H,19,20,24). The molecule has 0 aliphatic rings. The van der Waals surface area contributed by atoms with Gasteiger partial charge in [-0.1, -0.05) is 13.8 Å². The summed E-state index contributed by atoms with van der Waals surface area (Å²) in [6, 6.07) is 0. The zero-order chi connectivity index (χ0) is 17.7. The zero-order valence-corrected chi connectivity index (χ0v) is 14.1. The smallest absolute Gasteiger partial charge is 0.303 e. The average molecular weight is 330 g/mol. The van der Waals surface area contributed by atoms with E-state index < -0.39 is 5.97 Å². The van der Waals surface area contributed by atoms with Crippen molar-refractivity contribution in [2.75, 3.05) is 0 Å². The number of hydrogen-bond donors (Lipinski definition) is 2. The minimum atomic E-state index is -0.934. The molecule has 0 amide bonds. The Morgan fingerprint density at radius 1 is 1.42 bits per heavy atom. The molecule has 2 aromatic rings. The third-order valence-corrected chi connectivity index (χ3v) is 3.47. The molecule has 0 bridgehead atoms. The van der Waals surface area contributed by atoms with E-state index in [0.717, 1.165) is 12.1 Å². The molecule has 0 saturated carbocycles. The summed E-state index contributed by atoms with van der Waals surface area (Å²) < 4.78 is 1.88. The van der Waals surface area contributed by atoms with E-state index in [1.165, 1.54) is 0 Å². The van der Waals surface area contributed by atoms with Crippen molar-refractivity contribution in [2.45, 2.75) is 40.2 Å². The Labute approximate surface area is 140 Å². The molecule has 0 unspecified atom stereocenters. The van der Waals surface area contributed by atoms with E-state index in [-0.39, 0.29) is 18.4 Å². The fourth-order valence-electron chi connectivity index (χ4n) is 2.35. The normalized spacial score (nSPS) is 11.5. The van der Waals surface area contributed by atoms with Crippen LogP contribution in [0.5, 0.6) is 0 Å². The van der Waals surface area contributed by atoms with Gasteiger partial charge < -0.3 is 10.1 Å². The predicted molar refractivity (Wildman–Crippen MR) is 91.5 cm³/mol. The molecule has 0 aliphatic carbocycles. The number of aliphatic carboxylic acids is 1. The van der Waals surface area contributed by atoms with Crippen LogP contribution in [0.1, 0.15) is 42.9 Å². The fraction of sp³-hybridized carbons (Fsp3) is 0.412. The van der Waals surface area contributed by atoms with E-state index >= 15 is 0 Å². The minimum absolute atomic E-state index is 0.0875. The lowest BCUT2D eigenvalue weighted by Gasteiger charge is -2.04. The van der Waals surface area contributed by atoms with Crippen molar-refractivity contribution in [3.8, 4) is 0 Å². The van der Waals surface area contributed by atoms with E-state index in [4.69, 9.17) is 5.11 Å². The molecule has 0 atom stereocenters. The van der Waals surface area contributed by atoms with Crippen molar-refractivity contribution < 1.29 is 9.90 Å². The van der Waals surface area contributed by atoms with E-state index in [0.29, 0.717) is 23.0 Å². The maximum Gasteiger partial charge on any atom is 0.303 e. The summed E-state index contributed by atoms with van der Waals surface area (Å²) in [5, 5.41) is 13.0. The van der Waals surface area contributed by atoms with Crippen molar-refractivity contribution in [3.05, 3.63) is 45.4 Å². The zero-order valence-electron chi connectivity index (χ0n) is 14.1. The molecule has 2 N–H and O–H groups in total. The molecular weight excluding hydrogens is 308 g/mol. The number of carbonyl (C=O) groups is 1. The monoisotopic (exact) mass is 330 g/mol. The molecule has 0 aliphatic heterocycles. The van der Waals surface area contributed by atoms with Crippen molar-refractivity contribution in [1.29, 1.82) is 0 Å². The maximum atomic E-state index is 12.1. The Kier molecular flexibility index (Phi) is 5.68. The van der Waals surface area contributed by atoms with E-state index in [9.17, 15) is 9.59 Å². The van der Waals surface area contributed by atoms with Gasteiger partial charge in [-0.25, -0.2) is 4.98 Å². The molecule has 0 saturated heterocycles. The molecule has 0 spiro atoms. The lowest BCUT2D eigenvalue weighted by atomic mass is 10.1. The SMILES string of the molecule is Cc1nc(C=Cc2cnn(CC(C)C)c2)[nH]c(=O)c1CCC(=O)O. The van der Waals surface area contributed by atoms with Gasteiger partial charge in [0, 0.05) is 36.0 Å². The summed E-state index contributed by atoms with van der Waals surface area (Å²) in [5.41, 5.74) is 1.60. The highest BCUT2D eigenvalue weighted by Gasteiger charge is 2.09. The van der Waals surface area contributed by atoms with Crippen LogP contribution < -0.4 is 5.56 Å². The number of aryl methyl sites for hydroxylation is 1. The van der Waals surface area contributed by atoms with Gasteiger partial charge in [0.2, 0.25) is 0 Å². The number of carboxylic acids is 1. The van der Waals surface area contributed by atoms with E-state index in [1.807, 2.05) is 17.0 Å². The highest BCUT2D eigenvalue weighted by atomic mass is 16.4. The van der Waals surface area contributed by atoms with Gasteiger partial charge in [-0.15, -0.1) is 0 Å². The Bertz CT molecular complexity index is 802. The fourth-order valence-corrected chi connectivity index (χ4v) is 2.35. The first-order valence-electron chi connectivity index (χ1n) is 7.87. The van der Waals surface area contributed by atoms with E-state index in [1.54, 1.807) is 19.2 Å². The first-order chi connectivity index (χ1) is 11.3. The van der Waals surface area contributed by atoms with Gasteiger partial charge in [0.1, 0.15) is 5.82 Å². The van der Waals surface area contributed by atoms with Gasteiger partial charge in [0.25, 0.3) is 5.56 Å². The second-order valence-electron chi connectivity index (χ2n) is 6.13. The minimum Gasteiger partial charge on any atom is -0.481 e. The van der Waals surface area contributed by atoms with Crippen LogP contribution in [-0.2, 0) is 17.8 Å². The maximum absolute atomic E-state index is 12.1. The number of carboxylic acid groups (broad SMARTS) is 1. The van der Waals surface area contributed by atoms with Crippen LogP contribution in [0, 0.1) is 12.8 Å². The highest BCUT2D eigenvalue weighted by Crippen LogP contribution is 2.08. The van der Waals surface area contributed by atoms with Gasteiger partial charge in [-0.2, -0.15) is 5.10 Å². The topological polar surface area (TPSA) is 101 Å². The number of nitrogens with zero attached hydrogens (tertiary/aromatic N) is 3. The summed E-state index contributed by atoms with van der Waals surface area (Å²) in [5.74, 6) is 0.0186. The quantitative estimate of drug-likeness (QED) is 0.810. The third-order valence-electron chi connectivity index (χ3n) is 3.47. The Morgan fingerprint density at radius 2 is 2.17 bits per heavy atom. The number of aromatic amines is 1. The molecule has 24 heavy (non-hydrogen) atoms. The first-order valence-corrected chi connectivity index (χ1v) is 7.87. The molecular formula is C17H22N4O3. The van der Waals surface area contributed by atoms with Crippen LogP contribution in [0.4, 0.5) is 0 Å². The first kappa shape index (κ1) is 17.7. The van der Waals surface area contributed by atoms with Crippen molar-refractivity contribution in [3.63, 3.8) is 0 Å². The average Bonchev–Trinajstić information content (AvgIpc) is 2.90. The third kappa shape index (κ3) is 4.91. The summed E-state index contributed by atoms with van der Waals surface area (Å²) >= 11 is 0. The number of aromatic nitrogens is 4. The number of H-pyrrole nitrogens is 1. The Hall–Kier alpha value is -2.70. The Morgan fingerprint density at radius 3 is 2.79 bits per heavy atom. The molecule has 2 heterocycles. The van der Waals surface area contributed by atoms with Gasteiger partial charge in [-0.3, -0.25) is 14.3 Å². The molecule has 2 rings (SSSR count). The van der Waals surface area contributed by atoms with Crippen molar-refractivity contribution in [2.24, 2.45) is 5.92 Å². The summed E-state index contributed by atoms with van der Waals surface area (Å²) in [4.78, 5) is 29.7. The molecule has 128 valence electrons. The summed E-state index contributed by atoms with van der Waals surface area (Å²) in [6.07, 6.45) is 7.32. The van der Waals surface area contributed by atoms with Crippen molar-refractivity contribution >= 4 is 18.1 Å². The molecule has 0 aromatic carbocycles. The molecule has 0 radical (unpaired) electrons. The highest BCUT2D eigenvalue weighted by molar-refractivity contribution is 5.67. The van der Waals surface area contributed by atoms with Crippen LogP contribution in [-0.4, -0.2) is 30.8 Å². The number of nitrogens with one attached hydrogen (secondary N) is 1. The second kappa shape index (κ2) is 7.72. The molecule has 7 nitrogen and oxygen atoms in total. The number of rotatable bonds is 7. The van der Waals surface area contributed by atoms with Crippen molar-refractivity contribution in [1.82, 2.24) is 19.7 Å². The van der Waals surface area contributed by atoms with Crippen LogP contribution in [0.2, 0.25) is 0 Å². The van der Waals surface area contributed by atoms with E-state index in [2.05, 4.69) is 28.9 Å². The molecule has 7 heteroatoms. The Balaban J connectivity index is 2.13. The van der Waals surface area contributed by atoms with Crippen LogP contribution in [0.25, 0.3) is 12.2 Å². The lowest BCUT2D eigenvalue weighted by molar-refractivity contribution is -0.136. The van der Waals surface area contributed by atoms with Gasteiger partial charge in [0.15, 0.2) is 0 Å². The van der Waals surface area contributed by atoms with Crippen LogP contribution >= 0.6 is 0 Å². The number of hydrogen-bond acceptors (Lipinski definition) is 4. The lowest BCUT2D eigenvalue weighted by Crippen LogP contribution is -2.18. The van der Waals surface area contributed by atoms with Crippen LogP contribution in [0.3, 0.4) is 0 Å². The summed E-state index contributed by atoms with van der Waals surface area (Å²) in [6.45, 7) is 6.81. The van der Waals surface area contributed by atoms with Gasteiger partial charge in [-0.05, 0) is 31.4 Å². The van der Waals surface area contributed by atoms with Gasteiger partial charge in [0.05, 0.1) is 6.20 Å². The second-order valence-corrected chi connectivity index (χ2v) is 6.13. The predicted octanol–water partition coefficient (Wildman–Crippen LogP) is 2.12. The molecule has 0 fully saturated rings. The summed E-state index contributed by atoms with van der Waals surface area (Å²) in [7, 11) is 0. The largest absolute Gasteiger partial charge is 0.481 e. The van der Waals surface area contributed by atoms with Gasteiger partial charge >= 0.3 is 5.97 Å².